The van der Waals surface area contributed by atoms with Crippen molar-refractivity contribution in [2.45, 2.75) is 19.3 Å². The zero-order chi connectivity index (χ0) is 7.40. The van der Waals surface area contributed by atoms with E-state index in [2.05, 4.69) is 6.58 Å². The van der Waals surface area contributed by atoms with E-state index in [0.717, 1.165) is 6.42 Å². The molecule has 1 aliphatic rings. The SMILES string of the molecule is C=C1CCC[C@H]1COCO. The molecule has 2 heteroatoms. The minimum Gasteiger partial charge on any atom is -0.371 e. The largest absolute Gasteiger partial charge is 0.371 e. The third-order valence-electron chi connectivity index (χ3n) is 2.04. The first-order valence-electron chi connectivity index (χ1n) is 3.71. The molecule has 0 saturated heterocycles. The minimum atomic E-state index is -0.163. The summed E-state index contributed by atoms with van der Waals surface area (Å²) in [4.78, 5) is 0. The highest BCUT2D eigenvalue weighted by atomic mass is 16.6. The molecule has 1 N–H and O–H groups in total. The fourth-order valence-corrected chi connectivity index (χ4v) is 1.38. The smallest absolute Gasteiger partial charge is 0.143 e. The van der Waals surface area contributed by atoms with Crippen LogP contribution in [-0.4, -0.2) is 18.5 Å². The van der Waals surface area contributed by atoms with Crippen LogP contribution >= 0.6 is 0 Å². The fraction of sp³-hybridized carbons (Fsp3) is 0.750. The molecule has 58 valence electrons. The zero-order valence-electron chi connectivity index (χ0n) is 6.18. The van der Waals surface area contributed by atoms with Gasteiger partial charge in [-0.25, -0.2) is 0 Å². The number of rotatable bonds is 3. The van der Waals surface area contributed by atoms with Crippen molar-refractivity contribution in [1.29, 1.82) is 0 Å². The normalized spacial score (nSPS) is 25.7. The van der Waals surface area contributed by atoms with Crippen molar-refractivity contribution in [3.8, 4) is 0 Å². The first-order valence-corrected chi connectivity index (χ1v) is 3.71. The molecule has 0 amide bonds. The van der Waals surface area contributed by atoms with Gasteiger partial charge in [0.2, 0.25) is 0 Å². The molecule has 0 heterocycles. The minimum absolute atomic E-state index is 0.163. The molecule has 10 heavy (non-hydrogen) atoms. The Morgan fingerprint density at radius 3 is 3.00 bits per heavy atom. The highest BCUT2D eigenvalue weighted by Crippen LogP contribution is 2.29. The molecule has 0 radical (unpaired) electrons. The van der Waals surface area contributed by atoms with Crippen LogP contribution in [0.3, 0.4) is 0 Å². The molecule has 0 aromatic carbocycles. The van der Waals surface area contributed by atoms with E-state index in [1.54, 1.807) is 0 Å². The van der Waals surface area contributed by atoms with Crippen LogP contribution in [0.2, 0.25) is 0 Å². The molecule has 0 spiro atoms. The second kappa shape index (κ2) is 3.74. The van der Waals surface area contributed by atoms with Crippen LogP contribution in [0.5, 0.6) is 0 Å². The number of ether oxygens (including phenoxy) is 1. The summed E-state index contributed by atoms with van der Waals surface area (Å²) in [7, 11) is 0. The predicted octanol–water partition coefficient (Wildman–Crippen LogP) is 1.31. The monoisotopic (exact) mass is 142 g/mol. The molecule has 0 aromatic rings. The fourth-order valence-electron chi connectivity index (χ4n) is 1.38. The molecule has 1 saturated carbocycles. The number of hydrogen-bond donors (Lipinski definition) is 1. The topological polar surface area (TPSA) is 29.5 Å². The summed E-state index contributed by atoms with van der Waals surface area (Å²) >= 11 is 0. The predicted molar refractivity (Wildman–Crippen MR) is 39.5 cm³/mol. The van der Waals surface area contributed by atoms with Gasteiger partial charge in [0.05, 0.1) is 6.61 Å². The standard InChI is InChI=1S/C8H14O2/c1-7-3-2-4-8(7)5-10-6-9/h8-9H,1-6H2/t8-/m0/s1. The lowest BCUT2D eigenvalue weighted by Gasteiger charge is -2.08. The van der Waals surface area contributed by atoms with Gasteiger partial charge in [-0.3, -0.25) is 0 Å². The average Bonchev–Trinajstić information content (AvgIpc) is 2.31. The molecule has 1 atom stereocenters. The summed E-state index contributed by atoms with van der Waals surface area (Å²) in [5.74, 6) is 0.507. The molecular formula is C8H14O2. The molecule has 1 aliphatic carbocycles. The van der Waals surface area contributed by atoms with E-state index in [0.29, 0.717) is 12.5 Å². The van der Waals surface area contributed by atoms with E-state index in [9.17, 15) is 0 Å². The lowest BCUT2D eigenvalue weighted by Crippen LogP contribution is -2.07. The van der Waals surface area contributed by atoms with Gasteiger partial charge in [-0.15, -0.1) is 0 Å². The van der Waals surface area contributed by atoms with Crippen molar-refractivity contribution in [2.75, 3.05) is 13.4 Å². The van der Waals surface area contributed by atoms with Gasteiger partial charge >= 0.3 is 0 Å². The first kappa shape index (κ1) is 7.76. The van der Waals surface area contributed by atoms with E-state index in [1.807, 2.05) is 0 Å². The number of aliphatic hydroxyl groups excluding tert-OH is 1. The summed E-state index contributed by atoms with van der Waals surface area (Å²) in [5, 5.41) is 8.36. The van der Waals surface area contributed by atoms with Crippen LogP contribution in [0.1, 0.15) is 19.3 Å². The maximum Gasteiger partial charge on any atom is 0.143 e. The Kier molecular flexibility index (Phi) is 2.90. The van der Waals surface area contributed by atoms with Crippen molar-refractivity contribution in [3.05, 3.63) is 12.2 Å². The van der Waals surface area contributed by atoms with Crippen molar-refractivity contribution in [2.24, 2.45) is 5.92 Å². The van der Waals surface area contributed by atoms with Gasteiger partial charge in [0, 0.05) is 5.92 Å². The van der Waals surface area contributed by atoms with E-state index in [-0.39, 0.29) is 6.79 Å². The number of aliphatic hydroxyl groups is 1. The lowest BCUT2D eigenvalue weighted by molar-refractivity contribution is -0.0121. The quantitative estimate of drug-likeness (QED) is 0.475. The first-order chi connectivity index (χ1) is 4.84. The van der Waals surface area contributed by atoms with Crippen LogP contribution in [-0.2, 0) is 4.74 Å². The summed E-state index contributed by atoms with van der Waals surface area (Å²) in [6.07, 6.45) is 3.55. The van der Waals surface area contributed by atoms with Crippen molar-refractivity contribution in [3.63, 3.8) is 0 Å². The van der Waals surface area contributed by atoms with Crippen molar-refractivity contribution in [1.82, 2.24) is 0 Å². The summed E-state index contributed by atoms with van der Waals surface area (Å²) in [6.45, 7) is 4.41. The van der Waals surface area contributed by atoms with Crippen LogP contribution in [0, 0.1) is 5.92 Å². The molecule has 2 nitrogen and oxygen atoms in total. The van der Waals surface area contributed by atoms with E-state index < -0.39 is 0 Å². The Morgan fingerprint density at radius 1 is 1.70 bits per heavy atom. The summed E-state index contributed by atoms with van der Waals surface area (Å²) in [6, 6.07) is 0. The Bertz CT molecular complexity index is 120. The lowest BCUT2D eigenvalue weighted by atomic mass is 10.1. The molecule has 1 rings (SSSR count). The van der Waals surface area contributed by atoms with Gasteiger partial charge < -0.3 is 9.84 Å². The second-order valence-corrected chi connectivity index (χ2v) is 2.75. The van der Waals surface area contributed by atoms with Gasteiger partial charge in [-0.2, -0.15) is 0 Å². The maximum absolute atomic E-state index is 8.36. The molecule has 0 bridgehead atoms. The summed E-state index contributed by atoms with van der Waals surface area (Å²) in [5.41, 5.74) is 1.29. The second-order valence-electron chi connectivity index (χ2n) is 2.75. The third-order valence-corrected chi connectivity index (χ3v) is 2.04. The molecule has 0 aromatic heterocycles. The highest BCUT2D eigenvalue weighted by molar-refractivity contribution is 5.05. The van der Waals surface area contributed by atoms with E-state index >= 15 is 0 Å². The Labute approximate surface area is 61.5 Å². The number of hydrogen-bond acceptors (Lipinski definition) is 2. The van der Waals surface area contributed by atoms with E-state index in [4.69, 9.17) is 9.84 Å². The van der Waals surface area contributed by atoms with Gasteiger partial charge in [-0.05, 0) is 19.3 Å². The van der Waals surface area contributed by atoms with Gasteiger partial charge in [0.25, 0.3) is 0 Å². The van der Waals surface area contributed by atoms with Crippen LogP contribution in [0.4, 0.5) is 0 Å². The van der Waals surface area contributed by atoms with Crippen molar-refractivity contribution >= 4 is 0 Å². The molecule has 0 unspecified atom stereocenters. The third kappa shape index (κ3) is 1.82. The van der Waals surface area contributed by atoms with Crippen molar-refractivity contribution < 1.29 is 9.84 Å². The Balaban J connectivity index is 2.20. The van der Waals surface area contributed by atoms with E-state index in [1.165, 1.54) is 18.4 Å². The average molecular weight is 142 g/mol. The highest BCUT2D eigenvalue weighted by Gasteiger charge is 2.18. The van der Waals surface area contributed by atoms with Gasteiger partial charge in [0.1, 0.15) is 6.79 Å². The maximum atomic E-state index is 8.36. The summed E-state index contributed by atoms with van der Waals surface area (Å²) < 4.78 is 4.88. The molecule has 1 fully saturated rings. The van der Waals surface area contributed by atoms with Gasteiger partial charge in [0.15, 0.2) is 0 Å². The zero-order valence-corrected chi connectivity index (χ0v) is 6.18. The Hall–Kier alpha value is -0.340. The molecular weight excluding hydrogens is 128 g/mol. The Morgan fingerprint density at radius 2 is 2.50 bits per heavy atom. The van der Waals surface area contributed by atoms with Crippen LogP contribution in [0.15, 0.2) is 12.2 Å². The van der Waals surface area contributed by atoms with Gasteiger partial charge in [-0.1, -0.05) is 12.2 Å². The van der Waals surface area contributed by atoms with Crippen LogP contribution in [0.25, 0.3) is 0 Å². The molecule has 0 aliphatic heterocycles. The van der Waals surface area contributed by atoms with Crippen LogP contribution < -0.4 is 0 Å².